The highest BCUT2D eigenvalue weighted by Gasteiger charge is 2.16. The molecule has 0 spiro atoms. The summed E-state index contributed by atoms with van der Waals surface area (Å²) in [7, 11) is 1.53. The maximum atomic E-state index is 12.5. The number of hydrogen-bond donors (Lipinski definition) is 2. The first-order valence-corrected chi connectivity index (χ1v) is 8.99. The Balaban J connectivity index is 2.14. The van der Waals surface area contributed by atoms with Crippen molar-refractivity contribution in [2.45, 2.75) is 47.6 Å². The first-order chi connectivity index (χ1) is 12.7. The van der Waals surface area contributed by atoms with Crippen LogP contribution in [0, 0.1) is 19.8 Å². The van der Waals surface area contributed by atoms with Crippen molar-refractivity contribution in [1.82, 2.24) is 9.78 Å². The Labute approximate surface area is 160 Å². The molecular weight excluding hydrogens is 344 g/mol. The molecule has 0 saturated carbocycles. The van der Waals surface area contributed by atoms with E-state index in [0.29, 0.717) is 23.0 Å². The summed E-state index contributed by atoms with van der Waals surface area (Å²) in [5.74, 6) is 0.672. The van der Waals surface area contributed by atoms with Crippen LogP contribution >= 0.6 is 0 Å². The second kappa shape index (κ2) is 8.70. The van der Waals surface area contributed by atoms with Gasteiger partial charge in [-0.3, -0.25) is 14.3 Å². The van der Waals surface area contributed by atoms with Crippen molar-refractivity contribution in [2.24, 2.45) is 5.92 Å². The number of anilines is 2. The summed E-state index contributed by atoms with van der Waals surface area (Å²) in [6.45, 7) is 10.4. The van der Waals surface area contributed by atoms with Gasteiger partial charge >= 0.3 is 0 Å². The zero-order valence-corrected chi connectivity index (χ0v) is 16.8. The molecule has 0 unspecified atom stereocenters. The zero-order chi connectivity index (χ0) is 20.1. The quantitative estimate of drug-likeness (QED) is 0.781. The van der Waals surface area contributed by atoms with Crippen molar-refractivity contribution in [1.29, 1.82) is 0 Å². The topological polar surface area (TPSA) is 85.2 Å². The van der Waals surface area contributed by atoms with Gasteiger partial charge in [-0.1, -0.05) is 13.8 Å². The molecular formula is C20H28N4O3. The van der Waals surface area contributed by atoms with E-state index in [1.54, 1.807) is 18.2 Å². The van der Waals surface area contributed by atoms with Crippen LogP contribution in [0.4, 0.5) is 11.4 Å². The van der Waals surface area contributed by atoms with E-state index in [-0.39, 0.29) is 18.2 Å². The summed E-state index contributed by atoms with van der Waals surface area (Å²) in [5, 5.41) is 10.1. The van der Waals surface area contributed by atoms with Crippen LogP contribution < -0.4 is 15.4 Å². The zero-order valence-electron chi connectivity index (χ0n) is 16.8. The molecule has 2 aromatic rings. The number of nitrogens with zero attached hydrogens (tertiary/aromatic N) is 2. The van der Waals surface area contributed by atoms with Crippen LogP contribution in [0.1, 0.15) is 37.7 Å². The second-order valence-electron chi connectivity index (χ2n) is 7.05. The molecule has 0 aliphatic rings. The van der Waals surface area contributed by atoms with Gasteiger partial charge in [0.25, 0.3) is 0 Å². The fourth-order valence-corrected chi connectivity index (χ4v) is 2.95. The summed E-state index contributed by atoms with van der Waals surface area (Å²) in [5.41, 5.74) is 3.94. The molecule has 1 heterocycles. The number of rotatable bonds is 7. The SMILES string of the molecule is COc1ccc(NC(=O)Cc2c(C)nn(CC(C)C)c2C)cc1NC(C)=O. The van der Waals surface area contributed by atoms with Crippen LogP contribution in [0.15, 0.2) is 18.2 Å². The van der Waals surface area contributed by atoms with Gasteiger partial charge in [0.1, 0.15) is 5.75 Å². The minimum Gasteiger partial charge on any atom is -0.495 e. The van der Waals surface area contributed by atoms with Gasteiger partial charge in [-0.15, -0.1) is 0 Å². The molecule has 0 bridgehead atoms. The fourth-order valence-electron chi connectivity index (χ4n) is 2.95. The Kier molecular flexibility index (Phi) is 6.60. The fraction of sp³-hybridized carbons (Fsp3) is 0.450. The Hall–Kier alpha value is -2.83. The predicted molar refractivity (Wildman–Crippen MR) is 106 cm³/mol. The van der Waals surface area contributed by atoms with Crippen LogP contribution in [0.25, 0.3) is 0 Å². The first kappa shape index (κ1) is 20.5. The number of methoxy groups -OCH3 is 1. The lowest BCUT2D eigenvalue weighted by Gasteiger charge is -2.12. The normalized spacial score (nSPS) is 10.8. The summed E-state index contributed by atoms with van der Waals surface area (Å²) >= 11 is 0. The third-order valence-electron chi connectivity index (χ3n) is 4.20. The number of amides is 2. The van der Waals surface area contributed by atoms with Gasteiger partial charge in [-0.25, -0.2) is 0 Å². The monoisotopic (exact) mass is 372 g/mol. The number of carbonyl (C=O) groups excluding carboxylic acids is 2. The third-order valence-corrected chi connectivity index (χ3v) is 4.20. The number of aryl methyl sites for hydroxylation is 1. The van der Waals surface area contributed by atoms with Crippen molar-refractivity contribution < 1.29 is 14.3 Å². The van der Waals surface area contributed by atoms with Crippen molar-refractivity contribution in [3.05, 3.63) is 35.2 Å². The highest BCUT2D eigenvalue weighted by Crippen LogP contribution is 2.28. The molecule has 2 N–H and O–H groups in total. The third kappa shape index (κ3) is 5.32. The average Bonchev–Trinajstić information content (AvgIpc) is 2.81. The predicted octanol–water partition coefficient (Wildman–Crippen LogP) is 3.30. The van der Waals surface area contributed by atoms with E-state index < -0.39 is 0 Å². The Morgan fingerprint density at radius 3 is 2.52 bits per heavy atom. The number of hydrogen-bond acceptors (Lipinski definition) is 4. The van der Waals surface area contributed by atoms with Crippen LogP contribution in [0.5, 0.6) is 5.75 Å². The van der Waals surface area contributed by atoms with Crippen molar-refractivity contribution in [3.8, 4) is 5.75 Å². The Morgan fingerprint density at radius 2 is 1.93 bits per heavy atom. The minimum atomic E-state index is -0.208. The van der Waals surface area contributed by atoms with Gasteiger partial charge in [0, 0.05) is 30.4 Å². The summed E-state index contributed by atoms with van der Waals surface area (Å²) < 4.78 is 7.19. The molecule has 0 atom stereocenters. The lowest BCUT2D eigenvalue weighted by molar-refractivity contribution is -0.116. The van der Waals surface area contributed by atoms with E-state index >= 15 is 0 Å². The van der Waals surface area contributed by atoms with Gasteiger partial charge < -0.3 is 15.4 Å². The second-order valence-corrected chi connectivity index (χ2v) is 7.05. The van der Waals surface area contributed by atoms with E-state index in [4.69, 9.17) is 4.74 Å². The van der Waals surface area contributed by atoms with E-state index in [2.05, 4.69) is 29.6 Å². The molecule has 1 aromatic carbocycles. The molecule has 1 aromatic heterocycles. The summed E-state index contributed by atoms with van der Waals surface area (Å²) in [6.07, 6.45) is 0.247. The van der Waals surface area contributed by atoms with Crippen molar-refractivity contribution in [2.75, 3.05) is 17.7 Å². The van der Waals surface area contributed by atoms with E-state index in [1.807, 2.05) is 18.5 Å². The van der Waals surface area contributed by atoms with Crippen molar-refractivity contribution in [3.63, 3.8) is 0 Å². The van der Waals surface area contributed by atoms with Crippen LogP contribution in [0.3, 0.4) is 0 Å². The van der Waals surface area contributed by atoms with Gasteiger partial charge in [0.15, 0.2) is 0 Å². The van der Waals surface area contributed by atoms with Crippen LogP contribution in [0.2, 0.25) is 0 Å². The van der Waals surface area contributed by atoms with Gasteiger partial charge in [0.05, 0.1) is 24.9 Å². The van der Waals surface area contributed by atoms with E-state index in [0.717, 1.165) is 23.5 Å². The van der Waals surface area contributed by atoms with Gasteiger partial charge in [0.2, 0.25) is 11.8 Å². The molecule has 0 aliphatic carbocycles. The number of ether oxygens (including phenoxy) is 1. The van der Waals surface area contributed by atoms with Crippen LogP contribution in [-0.4, -0.2) is 28.7 Å². The molecule has 7 heteroatoms. The summed E-state index contributed by atoms with van der Waals surface area (Å²) in [6, 6.07) is 5.13. The lowest BCUT2D eigenvalue weighted by atomic mass is 10.1. The number of benzene rings is 1. The van der Waals surface area contributed by atoms with E-state index in [1.165, 1.54) is 14.0 Å². The first-order valence-electron chi connectivity index (χ1n) is 8.99. The molecule has 0 radical (unpaired) electrons. The van der Waals surface area contributed by atoms with Crippen molar-refractivity contribution >= 4 is 23.2 Å². The minimum absolute atomic E-state index is 0.135. The maximum absolute atomic E-state index is 12.5. The highest BCUT2D eigenvalue weighted by molar-refractivity contribution is 5.95. The molecule has 0 saturated heterocycles. The smallest absolute Gasteiger partial charge is 0.228 e. The standard InChI is InChI=1S/C20H28N4O3/c1-12(2)11-24-14(4)17(13(3)23-24)10-20(26)22-16-7-8-19(27-6)18(9-16)21-15(5)25/h7-9,12H,10-11H2,1-6H3,(H,21,25)(H,22,26). The van der Waals surface area contributed by atoms with Crippen LogP contribution in [-0.2, 0) is 22.6 Å². The molecule has 2 rings (SSSR count). The molecule has 27 heavy (non-hydrogen) atoms. The summed E-state index contributed by atoms with van der Waals surface area (Å²) in [4.78, 5) is 23.9. The average molecular weight is 372 g/mol. The molecule has 7 nitrogen and oxygen atoms in total. The maximum Gasteiger partial charge on any atom is 0.228 e. The molecule has 0 aliphatic heterocycles. The lowest BCUT2D eigenvalue weighted by Crippen LogP contribution is -2.16. The van der Waals surface area contributed by atoms with Gasteiger partial charge in [-0.2, -0.15) is 5.10 Å². The Morgan fingerprint density at radius 1 is 1.22 bits per heavy atom. The number of nitrogens with one attached hydrogen (secondary N) is 2. The molecule has 2 amide bonds. The highest BCUT2D eigenvalue weighted by atomic mass is 16.5. The molecule has 0 fully saturated rings. The molecule has 146 valence electrons. The number of carbonyl (C=O) groups is 2. The Bertz CT molecular complexity index is 840. The van der Waals surface area contributed by atoms with E-state index in [9.17, 15) is 9.59 Å². The largest absolute Gasteiger partial charge is 0.495 e. The van der Waals surface area contributed by atoms with Gasteiger partial charge in [-0.05, 0) is 38.0 Å². The number of aromatic nitrogens is 2.